The van der Waals surface area contributed by atoms with Gasteiger partial charge in [0.25, 0.3) is 0 Å². The van der Waals surface area contributed by atoms with Gasteiger partial charge < -0.3 is 33.2 Å². The first-order chi connectivity index (χ1) is 32.0. The number of esters is 2. The standard InChI is InChI=1S/C56H46O9/c57-55(47-31-49(59-35-41-19-7-1-8-20-41)53(63-39-45-27-15-5-16-28-45)50(32-47)60-36-42-21-9-2-10-22-42)65-56(58)48-33-51(61-37-43-23-11-3-12-24-43)54(64-40-46-29-17-6-18-30-46)52(34-48)62-38-44-25-13-4-14-26-44/h1-34H,35-40H2. The van der Waals surface area contributed by atoms with Crippen molar-refractivity contribution in [2.45, 2.75) is 39.6 Å². The number of hydrogen-bond donors (Lipinski definition) is 0. The maximum atomic E-state index is 14.2. The molecule has 0 atom stereocenters. The van der Waals surface area contributed by atoms with Gasteiger partial charge in [-0.15, -0.1) is 0 Å². The summed E-state index contributed by atoms with van der Waals surface area (Å²) >= 11 is 0. The lowest BCUT2D eigenvalue weighted by atomic mass is 10.1. The highest BCUT2D eigenvalue weighted by atomic mass is 16.6. The molecule has 0 saturated heterocycles. The number of carbonyl (C=O) groups excluding carboxylic acids is 2. The molecule has 0 heterocycles. The van der Waals surface area contributed by atoms with Gasteiger partial charge in [0.05, 0.1) is 11.1 Å². The second kappa shape index (κ2) is 22.2. The summed E-state index contributed by atoms with van der Waals surface area (Å²) in [6.07, 6.45) is 0. The molecule has 65 heavy (non-hydrogen) atoms. The van der Waals surface area contributed by atoms with Crippen molar-refractivity contribution in [2.24, 2.45) is 0 Å². The summed E-state index contributed by atoms with van der Waals surface area (Å²) in [7, 11) is 0. The minimum atomic E-state index is -0.943. The monoisotopic (exact) mass is 862 g/mol. The molecule has 0 amide bonds. The Hall–Kier alpha value is -8.30. The van der Waals surface area contributed by atoms with Crippen LogP contribution >= 0.6 is 0 Å². The average molecular weight is 863 g/mol. The minimum Gasteiger partial charge on any atom is -0.485 e. The van der Waals surface area contributed by atoms with E-state index < -0.39 is 11.9 Å². The third-order valence-corrected chi connectivity index (χ3v) is 10.1. The zero-order chi connectivity index (χ0) is 44.5. The zero-order valence-corrected chi connectivity index (χ0v) is 35.5. The summed E-state index contributed by atoms with van der Waals surface area (Å²) in [6.45, 7) is 1.03. The van der Waals surface area contributed by atoms with Gasteiger partial charge in [0, 0.05) is 0 Å². The topological polar surface area (TPSA) is 98.8 Å². The molecular formula is C56H46O9. The molecule has 8 rings (SSSR count). The number of hydrogen-bond acceptors (Lipinski definition) is 9. The molecule has 0 saturated carbocycles. The molecule has 0 radical (unpaired) electrons. The minimum absolute atomic E-state index is 0.000418. The summed E-state index contributed by atoms with van der Waals surface area (Å²) < 4.78 is 43.9. The summed E-state index contributed by atoms with van der Waals surface area (Å²) in [5, 5.41) is 0. The van der Waals surface area contributed by atoms with Gasteiger partial charge in [0.15, 0.2) is 23.0 Å². The molecule has 0 bridgehead atoms. The lowest BCUT2D eigenvalue weighted by Gasteiger charge is -2.19. The highest BCUT2D eigenvalue weighted by molar-refractivity contribution is 6.03. The lowest BCUT2D eigenvalue weighted by molar-refractivity contribution is 0.0396. The van der Waals surface area contributed by atoms with E-state index in [-0.39, 0.29) is 85.3 Å². The van der Waals surface area contributed by atoms with Crippen molar-refractivity contribution in [3.8, 4) is 34.5 Å². The van der Waals surface area contributed by atoms with Crippen LogP contribution in [0.5, 0.6) is 34.5 Å². The highest BCUT2D eigenvalue weighted by Gasteiger charge is 2.25. The van der Waals surface area contributed by atoms with E-state index in [0.717, 1.165) is 33.4 Å². The molecule has 0 spiro atoms. The van der Waals surface area contributed by atoms with Crippen LogP contribution in [0.4, 0.5) is 0 Å². The molecule has 0 unspecified atom stereocenters. The molecule has 0 aromatic heterocycles. The predicted molar refractivity (Wildman–Crippen MR) is 247 cm³/mol. The Labute approximate surface area is 378 Å². The quantitative estimate of drug-likeness (QED) is 0.0548. The van der Waals surface area contributed by atoms with Gasteiger partial charge >= 0.3 is 11.9 Å². The molecule has 0 fully saturated rings. The van der Waals surface area contributed by atoms with Crippen molar-refractivity contribution in [1.29, 1.82) is 0 Å². The van der Waals surface area contributed by atoms with Gasteiger partial charge in [-0.25, -0.2) is 9.59 Å². The van der Waals surface area contributed by atoms with E-state index >= 15 is 0 Å². The fourth-order valence-electron chi connectivity index (χ4n) is 6.71. The first-order valence-electron chi connectivity index (χ1n) is 21.2. The second-order valence-electron chi connectivity index (χ2n) is 14.9. The first kappa shape index (κ1) is 43.4. The fraction of sp³-hybridized carbons (Fsp3) is 0.107. The van der Waals surface area contributed by atoms with Crippen molar-refractivity contribution >= 4 is 11.9 Å². The largest absolute Gasteiger partial charge is 0.485 e. The number of benzene rings is 8. The molecule has 8 aromatic rings. The third kappa shape index (κ3) is 12.4. The molecule has 0 N–H and O–H groups in total. The number of rotatable bonds is 20. The summed E-state index contributed by atoms with van der Waals surface area (Å²) in [6, 6.07) is 63.8. The Morgan fingerprint density at radius 2 is 0.477 bits per heavy atom. The Bertz CT molecular complexity index is 2430. The normalized spacial score (nSPS) is 10.6. The van der Waals surface area contributed by atoms with Crippen LogP contribution in [0.1, 0.15) is 54.1 Å². The highest BCUT2D eigenvalue weighted by Crippen LogP contribution is 2.42. The predicted octanol–water partition coefficient (Wildman–Crippen LogP) is 12.2. The van der Waals surface area contributed by atoms with Gasteiger partial charge in [-0.1, -0.05) is 182 Å². The molecule has 9 nitrogen and oxygen atoms in total. The van der Waals surface area contributed by atoms with Crippen LogP contribution in [0.2, 0.25) is 0 Å². The number of ether oxygens (including phenoxy) is 7. The lowest BCUT2D eigenvalue weighted by Crippen LogP contribution is -2.15. The SMILES string of the molecule is O=C(OC(=O)c1cc(OCc2ccccc2)c(OCc2ccccc2)c(OCc2ccccc2)c1)c1cc(OCc2ccccc2)c(OCc2ccccc2)c(OCc2ccccc2)c1. The zero-order valence-electron chi connectivity index (χ0n) is 35.5. The van der Waals surface area contributed by atoms with Gasteiger partial charge in [-0.05, 0) is 57.6 Å². The van der Waals surface area contributed by atoms with E-state index in [1.807, 2.05) is 182 Å². The van der Waals surface area contributed by atoms with Crippen LogP contribution in [-0.2, 0) is 44.4 Å². The van der Waals surface area contributed by atoms with Crippen LogP contribution in [0.25, 0.3) is 0 Å². The van der Waals surface area contributed by atoms with E-state index in [9.17, 15) is 9.59 Å². The molecule has 0 aliphatic heterocycles. The molecule has 0 aliphatic carbocycles. The Kier molecular flexibility index (Phi) is 14.8. The summed E-state index contributed by atoms with van der Waals surface area (Å²) in [5.41, 5.74) is 5.40. The van der Waals surface area contributed by atoms with Crippen molar-refractivity contribution < 1.29 is 42.7 Å². The van der Waals surface area contributed by atoms with Gasteiger partial charge in [0.2, 0.25) is 11.5 Å². The van der Waals surface area contributed by atoms with Crippen molar-refractivity contribution in [1.82, 2.24) is 0 Å². The van der Waals surface area contributed by atoms with E-state index in [4.69, 9.17) is 33.2 Å². The Morgan fingerprint density at radius 3 is 0.692 bits per heavy atom. The molecule has 8 aromatic carbocycles. The Morgan fingerprint density at radius 1 is 0.277 bits per heavy atom. The smallest absolute Gasteiger partial charge is 0.346 e. The van der Waals surface area contributed by atoms with Crippen molar-refractivity contribution in [3.05, 3.63) is 251 Å². The van der Waals surface area contributed by atoms with E-state index in [1.54, 1.807) is 0 Å². The van der Waals surface area contributed by atoms with Crippen LogP contribution < -0.4 is 28.4 Å². The maximum absolute atomic E-state index is 14.2. The van der Waals surface area contributed by atoms with E-state index in [2.05, 4.69) is 0 Å². The number of carbonyl (C=O) groups is 2. The van der Waals surface area contributed by atoms with Crippen LogP contribution in [0, 0.1) is 0 Å². The van der Waals surface area contributed by atoms with E-state index in [0.29, 0.717) is 0 Å². The van der Waals surface area contributed by atoms with Crippen LogP contribution in [0.3, 0.4) is 0 Å². The summed E-state index contributed by atoms with van der Waals surface area (Å²) in [4.78, 5) is 28.4. The van der Waals surface area contributed by atoms with Crippen molar-refractivity contribution in [2.75, 3.05) is 0 Å². The van der Waals surface area contributed by atoms with E-state index in [1.165, 1.54) is 24.3 Å². The van der Waals surface area contributed by atoms with Gasteiger partial charge in [-0.3, -0.25) is 0 Å². The second-order valence-corrected chi connectivity index (χ2v) is 14.9. The Balaban J connectivity index is 1.13. The van der Waals surface area contributed by atoms with Crippen LogP contribution in [-0.4, -0.2) is 11.9 Å². The maximum Gasteiger partial charge on any atom is 0.346 e. The fourth-order valence-corrected chi connectivity index (χ4v) is 6.71. The van der Waals surface area contributed by atoms with Gasteiger partial charge in [0.1, 0.15) is 39.6 Å². The molecule has 9 heteroatoms. The van der Waals surface area contributed by atoms with Crippen LogP contribution in [0.15, 0.2) is 206 Å². The summed E-state index contributed by atoms with van der Waals surface area (Å²) in [5.74, 6) is -0.412. The average Bonchev–Trinajstić information content (AvgIpc) is 3.36. The molecule has 324 valence electrons. The molecular weight excluding hydrogens is 817 g/mol. The molecule has 0 aliphatic rings. The third-order valence-electron chi connectivity index (χ3n) is 10.1. The first-order valence-corrected chi connectivity index (χ1v) is 21.2. The van der Waals surface area contributed by atoms with Crippen molar-refractivity contribution in [3.63, 3.8) is 0 Å². The van der Waals surface area contributed by atoms with Gasteiger partial charge in [-0.2, -0.15) is 0 Å².